The fourth-order valence-electron chi connectivity index (χ4n) is 0.844. The summed E-state index contributed by atoms with van der Waals surface area (Å²) >= 11 is 7.00. The minimum absolute atomic E-state index is 0.788. The van der Waals surface area contributed by atoms with Gasteiger partial charge in [-0.25, -0.2) is 0 Å². The third-order valence-corrected chi connectivity index (χ3v) is 7.03. The van der Waals surface area contributed by atoms with E-state index in [1.165, 1.54) is 12.8 Å². The molecule has 0 aromatic rings. The van der Waals surface area contributed by atoms with E-state index < -0.39 is 5.69 Å². The number of rotatable bonds is 4. The molecule has 1 rings (SSSR count). The van der Waals surface area contributed by atoms with E-state index in [1.807, 2.05) is 0 Å². The van der Waals surface area contributed by atoms with Crippen molar-refractivity contribution in [3.05, 3.63) is 0 Å². The molecule has 0 spiro atoms. The molecule has 12 heavy (non-hydrogen) atoms. The fourth-order valence-corrected chi connectivity index (χ4v) is 5.49. The molecule has 0 saturated carbocycles. The molecule has 1 heterocycles. The Bertz CT molecular complexity index is 165. The monoisotopic (exact) mass is 226 g/mol. The summed E-state index contributed by atoms with van der Waals surface area (Å²) in [4.78, 5) is 0. The second kappa shape index (κ2) is 5.61. The van der Waals surface area contributed by atoms with Crippen LogP contribution in [0.5, 0.6) is 0 Å². The van der Waals surface area contributed by atoms with Crippen LogP contribution in [-0.2, 0) is 20.9 Å². The van der Waals surface area contributed by atoms with Crippen molar-refractivity contribution >= 4 is 28.9 Å². The van der Waals surface area contributed by atoms with Crippen LogP contribution in [-0.4, -0.2) is 19.0 Å². The van der Waals surface area contributed by atoms with Crippen molar-refractivity contribution in [2.24, 2.45) is 0 Å². The maximum atomic E-state index is 5.48. The Kier molecular flexibility index (Phi) is 5.14. The predicted molar refractivity (Wildman–Crippen MR) is 58.2 cm³/mol. The summed E-state index contributed by atoms with van der Waals surface area (Å²) in [5.74, 6) is 1.08. The predicted octanol–water partition coefficient (Wildman–Crippen LogP) is 3.18. The molecule has 1 aliphatic rings. The second-order valence-electron chi connectivity index (χ2n) is 2.65. The summed E-state index contributed by atoms with van der Waals surface area (Å²) in [5.41, 5.74) is -1.89. The van der Waals surface area contributed by atoms with Crippen molar-refractivity contribution in [1.29, 1.82) is 0 Å². The molecule has 2 nitrogen and oxygen atoms in total. The Hall–Kier alpha value is 0.920. The van der Waals surface area contributed by atoms with Crippen molar-refractivity contribution in [2.45, 2.75) is 26.2 Å². The Morgan fingerprint density at radius 3 is 2.67 bits per heavy atom. The zero-order valence-electron chi connectivity index (χ0n) is 7.32. The summed E-state index contributed by atoms with van der Waals surface area (Å²) in [6.45, 7) is 3.75. The molecule has 1 aliphatic heterocycles. The van der Waals surface area contributed by atoms with E-state index in [2.05, 4.69) is 6.92 Å². The van der Waals surface area contributed by atoms with Crippen LogP contribution in [0.25, 0.3) is 0 Å². The standard InChI is InChI=1S/C7H15O2PS2/c1-2-3-7-12-10(11)8-5-4-6-9-10/h2-7H2,1H3. The maximum Gasteiger partial charge on any atom is 0.247 e. The van der Waals surface area contributed by atoms with Crippen molar-refractivity contribution < 1.29 is 9.05 Å². The van der Waals surface area contributed by atoms with Gasteiger partial charge in [0.2, 0.25) is 5.69 Å². The molecule has 72 valence electrons. The van der Waals surface area contributed by atoms with Gasteiger partial charge in [0.05, 0.1) is 13.2 Å². The molecule has 1 fully saturated rings. The number of unbranched alkanes of at least 4 members (excludes halogenated alkanes) is 1. The van der Waals surface area contributed by atoms with Gasteiger partial charge in [0, 0.05) is 5.75 Å². The number of hydrogen-bond donors (Lipinski definition) is 0. The van der Waals surface area contributed by atoms with Crippen LogP contribution < -0.4 is 0 Å². The van der Waals surface area contributed by atoms with E-state index in [9.17, 15) is 0 Å². The van der Waals surface area contributed by atoms with Crippen molar-refractivity contribution in [1.82, 2.24) is 0 Å². The summed E-state index contributed by atoms with van der Waals surface area (Å²) in [7, 11) is 0. The van der Waals surface area contributed by atoms with Crippen LogP contribution in [0, 0.1) is 0 Å². The summed E-state index contributed by atoms with van der Waals surface area (Å²) < 4.78 is 11.0. The van der Waals surface area contributed by atoms with E-state index in [0.717, 1.165) is 25.4 Å². The highest BCUT2D eigenvalue weighted by atomic mass is 32.9. The molecule has 0 atom stereocenters. The molecule has 0 aromatic heterocycles. The molecule has 0 unspecified atom stereocenters. The largest absolute Gasteiger partial charge is 0.322 e. The van der Waals surface area contributed by atoms with Gasteiger partial charge in [0.25, 0.3) is 0 Å². The topological polar surface area (TPSA) is 18.5 Å². The Morgan fingerprint density at radius 1 is 1.42 bits per heavy atom. The van der Waals surface area contributed by atoms with E-state index in [4.69, 9.17) is 20.9 Å². The summed E-state index contributed by atoms with van der Waals surface area (Å²) in [6, 6.07) is 0. The first-order valence-corrected chi connectivity index (χ1v) is 8.53. The molecule has 0 aliphatic carbocycles. The first kappa shape index (κ1) is 11.0. The van der Waals surface area contributed by atoms with Gasteiger partial charge in [0.15, 0.2) is 0 Å². The average molecular weight is 226 g/mol. The van der Waals surface area contributed by atoms with E-state index in [-0.39, 0.29) is 0 Å². The Labute approximate surface area is 83.3 Å². The first-order valence-electron chi connectivity index (χ1n) is 4.30. The van der Waals surface area contributed by atoms with Gasteiger partial charge >= 0.3 is 0 Å². The van der Waals surface area contributed by atoms with Gasteiger partial charge in [-0.3, -0.25) is 0 Å². The molecule has 0 N–H and O–H groups in total. The fraction of sp³-hybridized carbons (Fsp3) is 1.00. The molecular weight excluding hydrogens is 211 g/mol. The quantitative estimate of drug-likeness (QED) is 0.541. The normalized spacial score (nSPS) is 22.4. The lowest BCUT2D eigenvalue weighted by Gasteiger charge is -2.25. The van der Waals surface area contributed by atoms with E-state index >= 15 is 0 Å². The minimum atomic E-state index is -1.89. The summed E-state index contributed by atoms with van der Waals surface area (Å²) in [5, 5.41) is 0. The average Bonchev–Trinajstić information content (AvgIpc) is 2.06. The molecular formula is C7H15O2PS2. The van der Waals surface area contributed by atoms with Crippen molar-refractivity contribution in [3.63, 3.8) is 0 Å². The lowest BCUT2D eigenvalue weighted by atomic mass is 10.4. The van der Waals surface area contributed by atoms with Crippen LogP contribution >= 0.6 is 17.1 Å². The third-order valence-electron chi connectivity index (χ3n) is 1.53. The third kappa shape index (κ3) is 3.75. The second-order valence-corrected chi connectivity index (χ2v) is 9.08. The van der Waals surface area contributed by atoms with Gasteiger partial charge in [-0.2, -0.15) is 0 Å². The SMILES string of the molecule is CCCCSP1(=S)OCCCO1. The van der Waals surface area contributed by atoms with Crippen LogP contribution in [0.15, 0.2) is 0 Å². The molecule has 0 aromatic carbocycles. The number of hydrogen-bond acceptors (Lipinski definition) is 4. The van der Waals surface area contributed by atoms with Gasteiger partial charge in [-0.1, -0.05) is 24.7 Å². The van der Waals surface area contributed by atoms with Gasteiger partial charge < -0.3 is 9.05 Å². The van der Waals surface area contributed by atoms with E-state index in [1.54, 1.807) is 11.4 Å². The molecule has 0 radical (unpaired) electrons. The van der Waals surface area contributed by atoms with Gasteiger partial charge in [-0.05, 0) is 24.6 Å². The highest BCUT2D eigenvalue weighted by Gasteiger charge is 2.22. The molecule has 1 saturated heterocycles. The molecule has 5 heteroatoms. The van der Waals surface area contributed by atoms with Crippen LogP contribution in [0.1, 0.15) is 26.2 Å². The zero-order chi connectivity index (χ0) is 8.86. The molecule has 0 amide bonds. The lowest BCUT2D eigenvalue weighted by Crippen LogP contribution is -2.06. The van der Waals surface area contributed by atoms with Gasteiger partial charge in [-0.15, -0.1) is 0 Å². The van der Waals surface area contributed by atoms with Crippen LogP contribution in [0.3, 0.4) is 0 Å². The smallest absolute Gasteiger partial charge is 0.247 e. The minimum Gasteiger partial charge on any atom is -0.322 e. The van der Waals surface area contributed by atoms with Gasteiger partial charge in [0.1, 0.15) is 0 Å². The summed E-state index contributed by atoms with van der Waals surface area (Å²) in [6.07, 6.45) is 3.41. The van der Waals surface area contributed by atoms with E-state index in [0.29, 0.717) is 0 Å². The zero-order valence-corrected chi connectivity index (χ0v) is 9.85. The highest BCUT2D eigenvalue weighted by Crippen LogP contribution is 2.62. The lowest BCUT2D eigenvalue weighted by molar-refractivity contribution is 0.190. The van der Waals surface area contributed by atoms with Crippen LogP contribution in [0.4, 0.5) is 0 Å². The maximum absolute atomic E-state index is 5.48. The first-order chi connectivity index (χ1) is 5.77. The highest BCUT2D eigenvalue weighted by molar-refractivity contribution is 8.67. The van der Waals surface area contributed by atoms with Crippen molar-refractivity contribution in [3.8, 4) is 0 Å². The Morgan fingerprint density at radius 2 is 2.08 bits per heavy atom. The van der Waals surface area contributed by atoms with Crippen molar-refractivity contribution in [2.75, 3.05) is 19.0 Å². The van der Waals surface area contributed by atoms with Crippen LogP contribution in [0.2, 0.25) is 0 Å². The molecule has 0 bridgehead atoms. The Balaban J connectivity index is 2.22.